The van der Waals surface area contributed by atoms with E-state index in [-0.39, 0.29) is 36.7 Å². The molecule has 2 heterocycles. The number of fused-ring (bicyclic) bond motifs is 1. The van der Waals surface area contributed by atoms with E-state index in [0.717, 1.165) is 49.8 Å². The summed E-state index contributed by atoms with van der Waals surface area (Å²) >= 11 is 0. The van der Waals surface area contributed by atoms with Crippen molar-refractivity contribution in [2.75, 3.05) is 33.3 Å². The lowest BCUT2D eigenvalue weighted by Gasteiger charge is -2.44. The van der Waals surface area contributed by atoms with Crippen LogP contribution in [-0.4, -0.2) is 66.0 Å². The van der Waals surface area contributed by atoms with Gasteiger partial charge in [0, 0.05) is 39.5 Å². The molecule has 0 saturated carbocycles. The first-order chi connectivity index (χ1) is 14.9. The van der Waals surface area contributed by atoms with Crippen LogP contribution in [0.3, 0.4) is 0 Å². The van der Waals surface area contributed by atoms with Crippen molar-refractivity contribution in [2.24, 2.45) is 5.41 Å². The Morgan fingerprint density at radius 3 is 2.58 bits per heavy atom. The molecule has 1 fully saturated rings. The molecule has 1 aromatic rings. The highest BCUT2D eigenvalue weighted by Gasteiger charge is 2.37. The Labute approximate surface area is 184 Å². The van der Waals surface area contributed by atoms with Gasteiger partial charge < -0.3 is 19.6 Å². The zero-order chi connectivity index (χ0) is 22.3. The van der Waals surface area contributed by atoms with Gasteiger partial charge in [0.1, 0.15) is 5.75 Å². The first kappa shape index (κ1) is 23.1. The minimum absolute atomic E-state index is 0.0149. The van der Waals surface area contributed by atoms with Crippen LogP contribution in [0.2, 0.25) is 0 Å². The second kappa shape index (κ2) is 10.6. The number of carboxylic acids is 1. The molecular weight excluding hydrogens is 396 g/mol. The Hall–Kier alpha value is -2.57. The fourth-order valence-electron chi connectivity index (χ4n) is 4.77. The fourth-order valence-corrected chi connectivity index (χ4v) is 4.77. The number of hydrogen-bond acceptors (Lipinski definition) is 4. The lowest BCUT2D eigenvalue weighted by Crippen LogP contribution is -2.49. The molecule has 7 heteroatoms. The third-order valence-corrected chi connectivity index (χ3v) is 6.68. The number of nitrogens with zero attached hydrogens (tertiary/aromatic N) is 2. The standard InChI is InChI=1S/C24H34N2O5/c1-25-18-24(13-15-26(16-14-24)21(27)10-6-11-23(29)30)12-5-4-8-19-7-2-3-9-20(19)31-17-22(25)28/h2-3,7,9H,4-6,8,10-18H2,1H3,(H,29,30). The maximum absolute atomic E-state index is 12.7. The second-order valence-corrected chi connectivity index (χ2v) is 8.98. The van der Waals surface area contributed by atoms with Gasteiger partial charge in [0.2, 0.25) is 5.91 Å². The molecule has 0 unspecified atom stereocenters. The van der Waals surface area contributed by atoms with E-state index >= 15 is 0 Å². The average molecular weight is 431 g/mol. The van der Waals surface area contributed by atoms with Crippen LogP contribution in [-0.2, 0) is 20.8 Å². The number of para-hydroxylation sites is 1. The van der Waals surface area contributed by atoms with Crippen LogP contribution >= 0.6 is 0 Å². The van der Waals surface area contributed by atoms with E-state index in [4.69, 9.17) is 9.84 Å². The number of likely N-dealkylation sites (N-methyl/N-ethyl adjacent to an activating group) is 1. The van der Waals surface area contributed by atoms with Gasteiger partial charge in [0.05, 0.1) is 0 Å². The molecule has 7 nitrogen and oxygen atoms in total. The summed E-state index contributed by atoms with van der Waals surface area (Å²) < 4.78 is 5.84. The SMILES string of the molecule is CN1CC2(CCCCc3ccccc3OCC1=O)CCN(C(=O)CCCC(=O)O)CC2. The fraction of sp³-hybridized carbons (Fsp3) is 0.625. The van der Waals surface area contributed by atoms with Crippen LogP contribution in [0.4, 0.5) is 0 Å². The molecule has 1 saturated heterocycles. The summed E-state index contributed by atoms with van der Waals surface area (Å²) in [6.07, 6.45) is 6.55. The van der Waals surface area contributed by atoms with Gasteiger partial charge in [-0.1, -0.05) is 24.6 Å². The van der Waals surface area contributed by atoms with Gasteiger partial charge in [-0.3, -0.25) is 14.4 Å². The smallest absolute Gasteiger partial charge is 0.303 e. The molecule has 1 spiro atoms. The van der Waals surface area contributed by atoms with Gasteiger partial charge in [0.25, 0.3) is 5.91 Å². The predicted molar refractivity (Wildman–Crippen MR) is 117 cm³/mol. The van der Waals surface area contributed by atoms with Crippen molar-refractivity contribution in [3.8, 4) is 5.75 Å². The third kappa shape index (κ3) is 6.45. The molecule has 2 amide bonds. The normalized spacial score (nSPS) is 19.7. The topological polar surface area (TPSA) is 87.2 Å². The lowest BCUT2D eigenvalue weighted by molar-refractivity contribution is -0.139. The van der Waals surface area contributed by atoms with Gasteiger partial charge in [0.15, 0.2) is 6.61 Å². The largest absolute Gasteiger partial charge is 0.483 e. The van der Waals surface area contributed by atoms with Crippen molar-refractivity contribution < 1.29 is 24.2 Å². The van der Waals surface area contributed by atoms with E-state index in [0.29, 0.717) is 26.1 Å². The van der Waals surface area contributed by atoms with Crippen LogP contribution in [0.1, 0.15) is 56.9 Å². The van der Waals surface area contributed by atoms with Crippen molar-refractivity contribution >= 4 is 17.8 Å². The molecule has 0 atom stereocenters. The zero-order valence-corrected chi connectivity index (χ0v) is 18.5. The van der Waals surface area contributed by atoms with Crippen LogP contribution in [0.25, 0.3) is 0 Å². The number of ether oxygens (including phenoxy) is 1. The Bertz CT molecular complexity index is 786. The van der Waals surface area contributed by atoms with Crippen LogP contribution < -0.4 is 4.74 Å². The minimum Gasteiger partial charge on any atom is -0.483 e. The minimum atomic E-state index is -0.863. The Morgan fingerprint density at radius 2 is 1.84 bits per heavy atom. The van der Waals surface area contributed by atoms with Gasteiger partial charge in [-0.25, -0.2) is 0 Å². The maximum Gasteiger partial charge on any atom is 0.303 e. The van der Waals surface area contributed by atoms with E-state index in [9.17, 15) is 14.4 Å². The van der Waals surface area contributed by atoms with E-state index in [1.165, 1.54) is 0 Å². The Morgan fingerprint density at radius 1 is 1.10 bits per heavy atom. The lowest BCUT2D eigenvalue weighted by atomic mass is 9.73. The molecular formula is C24H34N2O5. The van der Waals surface area contributed by atoms with Gasteiger partial charge in [-0.2, -0.15) is 0 Å². The zero-order valence-electron chi connectivity index (χ0n) is 18.5. The highest BCUT2D eigenvalue weighted by atomic mass is 16.5. The van der Waals surface area contributed by atoms with E-state index in [1.54, 1.807) is 4.90 Å². The summed E-state index contributed by atoms with van der Waals surface area (Å²) in [5.74, 6) is -0.0483. The number of aliphatic carboxylic acids is 1. The number of likely N-dealkylation sites (tertiary alicyclic amines) is 1. The van der Waals surface area contributed by atoms with Crippen molar-refractivity contribution in [1.82, 2.24) is 9.80 Å². The maximum atomic E-state index is 12.7. The Balaban J connectivity index is 1.61. The molecule has 0 radical (unpaired) electrons. The van der Waals surface area contributed by atoms with Crippen LogP contribution in [0.15, 0.2) is 24.3 Å². The number of hydrogen-bond donors (Lipinski definition) is 1. The number of aryl methyl sites for hydroxylation is 1. The molecule has 31 heavy (non-hydrogen) atoms. The van der Waals surface area contributed by atoms with E-state index in [1.807, 2.05) is 30.1 Å². The van der Waals surface area contributed by atoms with E-state index in [2.05, 4.69) is 6.07 Å². The molecule has 0 aliphatic carbocycles. The Kier molecular flexibility index (Phi) is 7.93. The summed E-state index contributed by atoms with van der Waals surface area (Å²) in [5, 5.41) is 8.77. The van der Waals surface area contributed by atoms with Gasteiger partial charge in [-0.05, 0) is 55.6 Å². The quantitative estimate of drug-likeness (QED) is 0.793. The first-order valence-corrected chi connectivity index (χ1v) is 11.3. The number of benzene rings is 1. The van der Waals surface area contributed by atoms with Crippen molar-refractivity contribution in [3.63, 3.8) is 0 Å². The van der Waals surface area contributed by atoms with E-state index < -0.39 is 5.97 Å². The molecule has 1 N–H and O–H groups in total. The predicted octanol–water partition coefficient (Wildman–Crippen LogP) is 3.11. The second-order valence-electron chi connectivity index (χ2n) is 8.98. The molecule has 0 aromatic heterocycles. The summed E-state index contributed by atoms with van der Waals surface area (Å²) in [7, 11) is 1.84. The summed E-state index contributed by atoms with van der Waals surface area (Å²) in [4.78, 5) is 39.5. The molecule has 170 valence electrons. The summed E-state index contributed by atoms with van der Waals surface area (Å²) in [5.41, 5.74) is 1.16. The van der Waals surface area contributed by atoms with Gasteiger partial charge >= 0.3 is 5.97 Å². The third-order valence-electron chi connectivity index (χ3n) is 6.68. The summed E-state index contributed by atoms with van der Waals surface area (Å²) in [6, 6.07) is 7.94. The molecule has 3 rings (SSSR count). The monoisotopic (exact) mass is 430 g/mol. The van der Waals surface area contributed by atoms with Crippen molar-refractivity contribution in [3.05, 3.63) is 29.8 Å². The van der Waals surface area contributed by atoms with Crippen LogP contribution in [0, 0.1) is 5.41 Å². The average Bonchev–Trinajstić information content (AvgIpc) is 2.75. The number of carbonyl (C=O) groups is 3. The molecule has 2 aliphatic rings. The highest BCUT2D eigenvalue weighted by molar-refractivity contribution is 5.78. The van der Waals surface area contributed by atoms with Crippen molar-refractivity contribution in [2.45, 2.75) is 57.8 Å². The van der Waals surface area contributed by atoms with Gasteiger partial charge in [-0.15, -0.1) is 0 Å². The number of rotatable bonds is 4. The molecule has 2 aliphatic heterocycles. The molecule has 0 bridgehead atoms. The van der Waals surface area contributed by atoms with Crippen LogP contribution in [0.5, 0.6) is 5.75 Å². The molecule has 1 aromatic carbocycles. The number of carbonyl (C=O) groups excluding carboxylic acids is 2. The first-order valence-electron chi connectivity index (χ1n) is 11.3. The summed E-state index contributed by atoms with van der Waals surface area (Å²) in [6.45, 7) is 2.07. The highest BCUT2D eigenvalue weighted by Crippen LogP contribution is 2.38. The number of piperidine rings is 1. The number of amides is 2. The number of carboxylic acid groups (broad SMARTS) is 1. The van der Waals surface area contributed by atoms with Crippen molar-refractivity contribution in [1.29, 1.82) is 0 Å².